The Morgan fingerprint density at radius 3 is 2.29 bits per heavy atom. The number of anilines is 2. The average molecular weight is 407 g/mol. The molecule has 0 atom stereocenters. The normalized spacial score (nSPS) is 16.1. The highest BCUT2D eigenvalue weighted by atomic mass is 32.2. The van der Waals surface area contributed by atoms with E-state index >= 15 is 0 Å². The molecule has 0 bridgehead atoms. The number of aryl methyl sites for hydroxylation is 2. The number of carbonyl (C=O) groups excluding carboxylic acids is 1. The third-order valence-corrected chi connectivity index (χ3v) is 7.19. The molecule has 9 heteroatoms. The second-order valence-electron chi connectivity index (χ2n) is 7.26. The van der Waals surface area contributed by atoms with E-state index < -0.39 is 10.0 Å². The Labute approximate surface area is 165 Å². The fourth-order valence-electron chi connectivity index (χ4n) is 3.42. The summed E-state index contributed by atoms with van der Waals surface area (Å²) in [5.74, 6) is -0.00447. The van der Waals surface area contributed by atoms with E-state index in [1.807, 2.05) is 43.3 Å². The van der Waals surface area contributed by atoms with Crippen molar-refractivity contribution in [1.82, 2.24) is 9.46 Å². The summed E-state index contributed by atoms with van der Waals surface area (Å²) >= 11 is 0. The Kier molecular flexibility index (Phi) is 5.76. The molecule has 28 heavy (non-hydrogen) atoms. The maximum absolute atomic E-state index is 12.9. The minimum atomic E-state index is -3.66. The van der Waals surface area contributed by atoms with Gasteiger partial charge in [-0.3, -0.25) is 4.79 Å². The van der Waals surface area contributed by atoms with Gasteiger partial charge in [0, 0.05) is 44.5 Å². The zero-order valence-electron chi connectivity index (χ0n) is 16.6. The van der Waals surface area contributed by atoms with Crippen LogP contribution < -0.4 is 10.2 Å². The van der Waals surface area contributed by atoms with Gasteiger partial charge < -0.3 is 14.7 Å². The molecule has 1 aromatic carbocycles. The number of nitrogens with zero attached hydrogens (tertiary/aromatic N) is 3. The van der Waals surface area contributed by atoms with Crippen molar-refractivity contribution in [3.8, 4) is 0 Å². The van der Waals surface area contributed by atoms with Crippen LogP contribution in [0.4, 0.5) is 11.4 Å². The van der Waals surface area contributed by atoms with Crippen LogP contribution >= 0.6 is 0 Å². The smallest absolute Gasteiger partial charge is 0.248 e. The molecule has 0 saturated carbocycles. The van der Waals surface area contributed by atoms with E-state index in [4.69, 9.17) is 4.52 Å². The highest BCUT2D eigenvalue weighted by molar-refractivity contribution is 7.89. The molecule has 1 aromatic heterocycles. The van der Waals surface area contributed by atoms with Crippen molar-refractivity contribution in [1.29, 1.82) is 0 Å². The Bertz CT molecular complexity index is 923. The maximum atomic E-state index is 12.9. The summed E-state index contributed by atoms with van der Waals surface area (Å²) in [4.78, 5) is 14.7. The van der Waals surface area contributed by atoms with Crippen molar-refractivity contribution < 1.29 is 17.7 Å². The van der Waals surface area contributed by atoms with Gasteiger partial charge in [0.25, 0.3) is 0 Å². The molecule has 0 radical (unpaired) electrons. The first-order valence-electron chi connectivity index (χ1n) is 9.21. The molecule has 2 aromatic rings. The molecule has 0 unspecified atom stereocenters. The lowest BCUT2D eigenvalue weighted by atomic mass is 9.97. The maximum Gasteiger partial charge on any atom is 0.248 e. The number of aromatic nitrogens is 1. The lowest BCUT2D eigenvalue weighted by Gasteiger charge is -2.30. The van der Waals surface area contributed by atoms with E-state index in [0.29, 0.717) is 37.4 Å². The first kappa shape index (κ1) is 20.3. The van der Waals surface area contributed by atoms with Gasteiger partial charge in [-0.1, -0.05) is 5.16 Å². The summed E-state index contributed by atoms with van der Waals surface area (Å²) < 4.78 is 32.1. The molecule has 0 spiro atoms. The van der Waals surface area contributed by atoms with Crippen molar-refractivity contribution >= 4 is 27.3 Å². The van der Waals surface area contributed by atoms with Crippen molar-refractivity contribution in [2.24, 2.45) is 5.92 Å². The number of rotatable bonds is 5. The van der Waals surface area contributed by atoms with Crippen LogP contribution in [0.15, 0.2) is 33.7 Å². The van der Waals surface area contributed by atoms with Crippen LogP contribution in [-0.4, -0.2) is 51.0 Å². The van der Waals surface area contributed by atoms with Crippen molar-refractivity contribution in [2.75, 3.05) is 37.4 Å². The molecular weight excluding hydrogens is 380 g/mol. The number of benzene rings is 1. The van der Waals surface area contributed by atoms with Crippen LogP contribution in [0, 0.1) is 19.8 Å². The minimum Gasteiger partial charge on any atom is -0.378 e. The summed E-state index contributed by atoms with van der Waals surface area (Å²) in [6.45, 7) is 3.80. The summed E-state index contributed by atoms with van der Waals surface area (Å²) in [5.41, 5.74) is 2.15. The fourth-order valence-corrected chi connectivity index (χ4v) is 5.18. The predicted molar refractivity (Wildman–Crippen MR) is 107 cm³/mol. The summed E-state index contributed by atoms with van der Waals surface area (Å²) in [7, 11) is 0.252. The molecule has 1 aliphatic heterocycles. The molecule has 152 valence electrons. The van der Waals surface area contributed by atoms with E-state index in [1.165, 1.54) is 4.31 Å². The van der Waals surface area contributed by atoms with Crippen LogP contribution in [0.25, 0.3) is 0 Å². The van der Waals surface area contributed by atoms with Crippen LogP contribution in [-0.2, 0) is 14.8 Å². The number of nitrogens with one attached hydrogen (secondary N) is 1. The van der Waals surface area contributed by atoms with E-state index in [2.05, 4.69) is 10.5 Å². The molecule has 1 fully saturated rings. The number of piperidine rings is 1. The van der Waals surface area contributed by atoms with E-state index in [-0.39, 0.29) is 16.7 Å². The standard InChI is InChI=1S/C19H26N4O4S/c1-13-18(14(2)27-21-13)28(25,26)23-11-9-15(10-12-23)19(24)20-16-5-7-17(8-6-16)22(3)4/h5-8,15H,9-12H2,1-4H3,(H,20,24). The van der Waals surface area contributed by atoms with E-state index in [1.54, 1.807) is 13.8 Å². The molecule has 1 N–H and O–H groups in total. The van der Waals surface area contributed by atoms with Crippen molar-refractivity contribution in [3.63, 3.8) is 0 Å². The van der Waals surface area contributed by atoms with Crippen LogP contribution in [0.5, 0.6) is 0 Å². The van der Waals surface area contributed by atoms with Gasteiger partial charge >= 0.3 is 0 Å². The number of sulfonamides is 1. The topological polar surface area (TPSA) is 95.8 Å². The highest BCUT2D eigenvalue weighted by Crippen LogP contribution is 2.28. The number of carbonyl (C=O) groups is 1. The first-order chi connectivity index (χ1) is 13.2. The molecule has 1 aliphatic rings. The van der Waals surface area contributed by atoms with Gasteiger partial charge in [-0.05, 0) is 51.0 Å². The monoisotopic (exact) mass is 406 g/mol. The van der Waals surface area contributed by atoms with Crippen LogP contribution in [0.2, 0.25) is 0 Å². The SMILES string of the molecule is Cc1noc(C)c1S(=O)(=O)N1CCC(C(=O)Nc2ccc(N(C)C)cc2)CC1. The van der Waals surface area contributed by atoms with Crippen molar-refractivity contribution in [2.45, 2.75) is 31.6 Å². The number of hydrogen-bond acceptors (Lipinski definition) is 6. The lowest BCUT2D eigenvalue weighted by Crippen LogP contribution is -2.41. The molecule has 1 amide bonds. The van der Waals surface area contributed by atoms with Crippen LogP contribution in [0.3, 0.4) is 0 Å². The Morgan fingerprint density at radius 2 is 1.79 bits per heavy atom. The van der Waals surface area contributed by atoms with Gasteiger partial charge in [0.15, 0.2) is 5.76 Å². The predicted octanol–water partition coefficient (Wildman–Crippen LogP) is 2.40. The number of amides is 1. The first-order valence-corrected chi connectivity index (χ1v) is 10.7. The molecule has 8 nitrogen and oxygen atoms in total. The largest absolute Gasteiger partial charge is 0.378 e. The Balaban J connectivity index is 1.61. The molecular formula is C19H26N4O4S. The van der Waals surface area contributed by atoms with Crippen LogP contribution in [0.1, 0.15) is 24.3 Å². The fraction of sp³-hybridized carbons (Fsp3) is 0.474. The Morgan fingerprint density at radius 1 is 1.18 bits per heavy atom. The molecule has 1 saturated heterocycles. The van der Waals surface area contributed by atoms with E-state index in [0.717, 1.165) is 11.4 Å². The second-order valence-corrected chi connectivity index (χ2v) is 9.14. The Hall–Kier alpha value is -2.39. The van der Waals surface area contributed by atoms with E-state index in [9.17, 15) is 13.2 Å². The van der Waals surface area contributed by atoms with Gasteiger partial charge in [-0.15, -0.1) is 0 Å². The zero-order chi connectivity index (χ0) is 20.5. The average Bonchev–Trinajstić information content (AvgIpc) is 3.01. The lowest BCUT2D eigenvalue weighted by molar-refractivity contribution is -0.120. The zero-order valence-corrected chi connectivity index (χ0v) is 17.4. The van der Waals surface area contributed by atoms with Gasteiger partial charge in [0.1, 0.15) is 10.6 Å². The third-order valence-electron chi connectivity index (χ3n) is 5.04. The molecule has 3 rings (SSSR count). The summed E-state index contributed by atoms with van der Waals surface area (Å²) in [6, 6.07) is 7.61. The number of hydrogen-bond donors (Lipinski definition) is 1. The van der Waals surface area contributed by atoms with Crippen molar-refractivity contribution in [3.05, 3.63) is 35.7 Å². The second kappa shape index (κ2) is 7.92. The van der Waals surface area contributed by atoms with Gasteiger partial charge in [0.05, 0.1) is 0 Å². The third kappa shape index (κ3) is 4.05. The van der Waals surface area contributed by atoms with Gasteiger partial charge in [-0.2, -0.15) is 4.31 Å². The molecule has 2 heterocycles. The summed E-state index contributed by atoms with van der Waals surface area (Å²) in [5, 5.41) is 6.66. The molecule has 0 aliphatic carbocycles. The minimum absolute atomic E-state index is 0.0769. The van der Waals surface area contributed by atoms with Gasteiger partial charge in [-0.25, -0.2) is 8.42 Å². The quantitative estimate of drug-likeness (QED) is 0.819. The summed E-state index contributed by atoms with van der Waals surface area (Å²) in [6.07, 6.45) is 0.953. The highest BCUT2D eigenvalue weighted by Gasteiger charge is 2.35. The van der Waals surface area contributed by atoms with Gasteiger partial charge in [0.2, 0.25) is 15.9 Å².